The summed E-state index contributed by atoms with van der Waals surface area (Å²) in [4.78, 5) is 21.1. The topological polar surface area (TPSA) is 96.0 Å². The van der Waals surface area contributed by atoms with E-state index in [4.69, 9.17) is 5.26 Å². The summed E-state index contributed by atoms with van der Waals surface area (Å²) in [6, 6.07) is 6.23. The number of nitrogens with one attached hydrogen (secondary N) is 1. The molecule has 1 aromatic rings. The van der Waals surface area contributed by atoms with Crippen molar-refractivity contribution in [2.24, 2.45) is 0 Å². The van der Waals surface area contributed by atoms with Gasteiger partial charge in [-0.3, -0.25) is 14.9 Å². The van der Waals surface area contributed by atoms with Crippen LogP contribution in [0.25, 0.3) is 0 Å². The zero-order chi connectivity index (χ0) is 13.5. The molecule has 0 unspecified atom stereocenters. The molecule has 0 spiro atoms. The van der Waals surface area contributed by atoms with E-state index >= 15 is 0 Å². The second kappa shape index (κ2) is 6.71. The number of carbonyl (C=O) groups excluding carboxylic acids is 1. The number of rotatable bonds is 5. The van der Waals surface area contributed by atoms with E-state index in [1.807, 2.05) is 0 Å². The fraction of sp³-hybridized carbons (Fsp3) is 0.273. The Balaban J connectivity index is 2.56. The van der Waals surface area contributed by atoms with E-state index in [2.05, 4.69) is 21.2 Å². The van der Waals surface area contributed by atoms with Gasteiger partial charge < -0.3 is 5.32 Å². The predicted octanol–water partition coefficient (Wildman–Crippen LogP) is 1.93. The second-order valence-electron chi connectivity index (χ2n) is 3.47. The van der Waals surface area contributed by atoms with Gasteiger partial charge in [0.15, 0.2) is 0 Å². The SMILES string of the molecule is N#CCC(=O)NCCc1ccc([N+](=O)[O-])cc1Br. The number of halogens is 1. The Kier molecular flexibility index (Phi) is 5.27. The van der Waals surface area contributed by atoms with E-state index in [1.165, 1.54) is 12.1 Å². The zero-order valence-electron chi connectivity index (χ0n) is 9.35. The molecule has 0 aliphatic rings. The molecule has 6 nitrogen and oxygen atoms in total. The number of nitriles is 1. The molecule has 0 saturated carbocycles. The lowest BCUT2D eigenvalue weighted by molar-refractivity contribution is -0.384. The van der Waals surface area contributed by atoms with Crippen LogP contribution in [-0.2, 0) is 11.2 Å². The number of benzene rings is 1. The van der Waals surface area contributed by atoms with Crippen molar-refractivity contribution in [2.45, 2.75) is 12.8 Å². The molecule has 1 aromatic carbocycles. The quantitative estimate of drug-likeness (QED) is 0.663. The van der Waals surface area contributed by atoms with Crippen LogP contribution in [0, 0.1) is 21.4 Å². The van der Waals surface area contributed by atoms with Gasteiger partial charge >= 0.3 is 0 Å². The fourth-order valence-corrected chi connectivity index (χ4v) is 1.89. The van der Waals surface area contributed by atoms with Crippen LogP contribution in [-0.4, -0.2) is 17.4 Å². The first-order valence-electron chi connectivity index (χ1n) is 5.11. The van der Waals surface area contributed by atoms with Crippen molar-refractivity contribution in [3.8, 4) is 6.07 Å². The minimum absolute atomic E-state index is 0.0131. The van der Waals surface area contributed by atoms with Gasteiger partial charge in [0, 0.05) is 23.2 Å². The Morgan fingerprint density at radius 1 is 1.56 bits per heavy atom. The molecule has 0 aliphatic heterocycles. The summed E-state index contributed by atoms with van der Waals surface area (Å²) in [5.41, 5.74) is 0.872. The predicted molar refractivity (Wildman–Crippen MR) is 67.7 cm³/mol. The van der Waals surface area contributed by atoms with Crippen molar-refractivity contribution in [1.29, 1.82) is 5.26 Å². The number of hydrogen-bond donors (Lipinski definition) is 1. The fourth-order valence-electron chi connectivity index (χ4n) is 1.32. The number of nitrogens with zero attached hydrogens (tertiary/aromatic N) is 2. The number of non-ortho nitro benzene ring substituents is 1. The van der Waals surface area contributed by atoms with Crippen LogP contribution in [0.2, 0.25) is 0 Å². The smallest absolute Gasteiger partial charge is 0.270 e. The molecule has 0 fully saturated rings. The van der Waals surface area contributed by atoms with Crippen molar-refractivity contribution in [3.05, 3.63) is 38.3 Å². The first-order valence-corrected chi connectivity index (χ1v) is 5.90. The van der Waals surface area contributed by atoms with Gasteiger partial charge in [0.1, 0.15) is 6.42 Å². The summed E-state index contributed by atoms with van der Waals surface area (Å²) in [7, 11) is 0. The Hall–Kier alpha value is -1.94. The van der Waals surface area contributed by atoms with Crippen molar-refractivity contribution in [2.75, 3.05) is 6.54 Å². The maximum absolute atomic E-state index is 11.0. The van der Waals surface area contributed by atoms with Gasteiger partial charge in [-0.1, -0.05) is 22.0 Å². The molecular weight excluding hydrogens is 302 g/mol. The summed E-state index contributed by atoms with van der Waals surface area (Å²) >= 11 is 3.24. The lowest BCUT2D eigenvalue weighted by atomic mass is 10.1. The van der Waals surface area contributed by atoms with Crippen LogP contribution in [0.1, 0.15) is 12.0 Å². The zero-order valence-corrected chi connectivity index (χ0v) is 10.9. The third kappa shape index (κ3) is 4.14. The molecular formula is C11H10BrN3O3. The van der Waals surface area contributed by atoms with E-state index in [0.29, 0.717) is 17.4 Å². The molecule has 0 saturated heterocycles. The number of nitro groups is 1. The highest BCUT2D eigenvalue weighted by molar-refractivity contribution is 9.10. The third-order valence-electron chi connectivity index (χ3n) is 2.20. The largest absolute Gasteiger partial charge is 0.355 e. The molecule has 0 aromatic heterocycles. The van der Waals surface area contributed by atoms with Crippen LogP contribution in [0.15, 0.2) is 22.7 Å². The van der Waals surface area contributed by atoms with Crippen molar-refractivity contribution >= 4 is 27.5 Å². The van der Waals surface area contributed by atoms with Gasteiger partial charge in [-0.25, -0.2) is 0 Å². The van der Waals surface area contributed by atoms with E-state index in [-0.39, 0.29) is 18.0 Å². The monoisotopic (exact) mass is 311 g/mol. The number of carbonyl (C=O) groups is 1. The van der Waals surface area contributed by atoms with Crippen LogP contribution >= 0.6 is 15.9 Å². The highest BCUT2D eigenvalue weighted by atomic mass is 79.9. The molecule has 0 heterocycles. The van der Waals surface area contributed by atoms with Crippen LogP contribution in [0.3, 0.4) is 0 Å². The van der Waals surface area contributed by atoms with Gasteiger partial charge in [-0.2, -0.15) is 5.26 Å². The average Bonchev–Trinajstić information content (AvgIpc) is 2.31. The molecule has 0 bridgehead atoms. The summed E-state index contributed by atoms with van der Waals surface area (Å²) < 4.78 is 0.631. The van der Waals surface area contributed by atoms with Crippen molar-refractivity contribution < 1.29 is 9.72 Å². The van der Waals surface area contributed by atoms with E-state index in [0.717, 1.165) is 5.56 Å². The first kappa shape index (κ1) is 14.1. The standard InChI is InChI=1S/C11H10BrN3O3/c12-10-7-9(15(17)18)2-1-8(10)4-6-14-11(16)3-5-13/h1-2,7H,3-4,6H2,(H,14,16). The minimum atomic E-state index is -0.469. The highest BCUT2D eigenvalue weighted by Gasteiger charge is 2.09. The minimum Gasteiger partial charge on any atom is -0.355 e. The van der Waals surface area contributed by atoms with E-state index in [1.54, 1.807) is 12.1 Å². The molecule has 1 N–H and O–H groups in total. The van der Waals surface area contributed by atoms with Crippen molar-refractivity contribution in [3.63, 3.8) is 0 Å². The normalized spacial score (nSPS) is 9.56. The number of amides is 1. The van der Waals surface area contributed by atoms with Gasteiger partial charge in [0.05, 0.1) is 11.0 Å². The lowest BCUT2D eigenvalue weighted by Gasteiger charge is -2.05. The Morgan fingerprint density at radius 3 is 2.83 bits per heavy atom. The van der Waals surface area contributed by atoms with Gasteiger partial charge in [0.25, 0.3) is 5.69 Å². The number of nitro benzene ring substituents is 1. The van der Waals surface area contributed by atoms with Crippen LogP contribution in [0.4, 0.5) is 5.69 Å². The van der Waals surface area contributed by atoms with Gasteiger partial charge in [0.2, 0.25) is 5.91 Å². The Labute approximate surface area is 112 Å². The second-order valence-corrected chi connectivity index (χ2v) is 4.32. The van der Waals surface area contributed by atoms with Crippen molar-refractivity contribution in [1.82, 2.24) is 5.32 Å². The molecule has 1 amide bonds. The summed E-state index contributed by atoms with van der Waals surface area (Å²) in [6.45, 7) is 0.386. The Morgan fingerprint density at radius 2 is 2.28 bits per heavy atom. The van der Waals surface area contributed by atoms with E-state index < -0.39 is 4.92 Å². The summed E-state index contributed by atoms with van der Waals surface area (Å²) in [5.74, 6) is -0.324. The van der Waals surface area contributed by atoms with Crippen LogP contribution in [0.5, 0.6) is 0 Å². The summed E-state index contributed by atoms with van der Waals surface area (Å²) in [6.07, 6.45) is 0.372. The highest BCUT2D eigenvalue weighted by Crippen LogP contribution is 2.23. The maximum Gasteiger partial charge on any atom is 0.270 e. The molecule has 94 valence electrons. The molecule has 0 radical (unpaired) electrons. The third-order valence-corrected chi connectivity index (χ3v) is 2.94. The molecule has 1 rings (SSSR count). The first-order chi connectivity index (χ1) is 8.54. The molecule has 7 heteroatoms. The Bertz CT molecular complexity index is 511. The van der Waals surface area contributed by atoms with Crippen LogP contribution < -0.4 is 5.32 Å². The lowest BCUT2D eigenvalue weighted by Crippen LogP contribution is -2.24. The summed E-state index contributed by atoms with van der Waals surface area (Å²) in [5, 5.41) is 21.4. The number of hydrogen-bond acceptors (Lipinski definition) is 4. The molecule has 18 heavy (non-hydrogen) atoms. The molecule has 0 atom stereocenters. The van der Waals surface area contributed by atoms with Gasteiger partial charge in [-0.15, -0.1) is 0 Å². The maximum atomic E-state index is 11.0. The van der Waals surface area contributed by atoms with Gasteiger partial charge in [-0.05, 0) is 12.0 Å². The molecule has 0 aliphatic carbocycles. The average molecular weight is 312 g/mol. The van der Waals surface area contributed by atoms with E-state index in [9.17, 15) is 14.9 Å².